The van der Waals surface area contributed by atoms with E-state index in [1.807, 2.05) is 78.9 Å². The van der Waals surface area contributed by atoms with E-state index in [0.717, 1.165) is 27.0 Å². The molecule has 1 aliphatic rings. The molecule has 126 valence electrons. The first-order valence-corrected chi connectivity index (χ1v) is 9.00. The summed E-state index contributed by atoms with van der Waals surface area (Å²) in [4.78, 5) is 19.0. The van der Waals surface area contributed by atoms with Crippen LogP contribution in [0.25, 0.3) is 11.8 Å². The lowest BCUT2D eigenvalue weighted by atomic mass is 10.1. The van der Waals surface area contributed by atoms with Crippen LogP contribution in [0.1, 0.15) is 11.1 Å². The van der Waals surface area contributed by atoms with E-state index in [1.165, 1.54) is 0 Å². The van der Waals surface area contributed by atoms with Crippen molar-refractivity contribution in [2.24, 2.45) is 0 Å². The second kappa shape index (κ2) is 7.10. The van der Waals surface area contributed by atoms with Crippen molar-refractivity contribution in [2.75, 3.05) is 4.90 Å². The Bertz CT molecular complexity index is 993. The highest BCUT2D eigenvalue weighted by Crippen LogP contribution is 2.34. The molecule has 0 bridgehead atoms. The Morgan fingerprint density at radius 1 is 0.923 bits per heavy atom. The van der Waals surface area contributed by atoms with Crippen LogP contribution in [-0.4, -0.2) is 10.9 Å². The van der Waals surface area contributed by atoms with E-state index in [-0.39, 0.29) is 5.91 Å². The normalized spacial score (nSPS) is 15.4. The number of hydrogen-bond acceptors (Lipinski definition) is 2. The Hall–Kier alpha value is -2.98. The van der Waals surface area contributed by atoms with Gasteiger partial charge in [0.05, 0.1) is 17.6 Å². The maximum atomic E-state index is 13.1. The molecule has 0 fully saturated rings. The fourth-order valence-electron chi connectivity index (χ4n) is 2.92. The summed E-state index contributed by atoms with van der Waals surface area (Å²) < 4.78 is 1.01. The number of benzene rings is 2. The van der Waals surface area contributed by atoms with Crippen molar-refractivity contribution < 1.29 is 4.79 Å². The molecule has 26 heavy (non-hydrogen) atoms. The molecular formula is C22H15BrN2O. The van der Waals surface area contributed by atoms with Gasteiger partial charge in [0.2, 0.25) is 0 Å². The standard InChI is InChI=1S/C22H15BrN2O/c23-19-10-8-16(9-11-19)13-18-14-21(17-5-2-1-3-6-17)25(22(18)26)20-7-4-12-24-15-20/h1-15H. The largest absolute Gasteiger partial charge is 0.275 e. The molecule has 4 rings (SSSR count). The second-order valence-electron chi connectivity index (χ2n) is 5.90. The number of amides is 1. The van der Waals surface area contributed by atoms with Gasteiger partial charge in [-0.05, 0) is 47.5 Å². The van der Waals surface area contributed by atoms with Gasteiger partial charge in [-0.2, -0.15) is 0 Å². The van der Waals surface area contributed by atoms with Gasteiger partial charge in [0.15, 0.2) is 0 Å². The van der Waals surface area contributed by atoms with Crippen molar-refractivity contribution in [3.63, 3.8) is 0 Å². The highest BCUT2D eigenvalue weighted by atomic mass is 79.9. The Morgan fingerprint density at radius 2 is 1.69 bits per heavy atom. The predicted molar refractivity (Wildman–Crippen MR) is 108 cm³/mol. The minimum absolute atomic E-state index is 0.0558. The fraction of sp³-hybridized carbons (Fsp3) is 0. The fourth-order valence-corrected chi connectivity index (χ4v) is 3.18. The molecule has 2 heterocycles. The molecule has 0 saturated carbocycles. The summed E-state index contributed by atoms with van der Waals surface area (Å²) in [5.74, 6) is -0.0558. The number of aromatic nitrogens is 1. The van der Waals surface area contributed by atoms with Gasteiger partial charge in [-0.3, -0.25) is 14.7 Å². The number of carbonyl (C=O) groups excluding carboxylic acids is 1. The summed E-state index contributed by atoms with van der Waals surface area (Å²) in [6.07, 6.45) is 7.26. The van der Waals surface area contributed by atoms with Gasteiger partial charge >= 0.3 is 0 Å². The lowest BCUT2D eigenvalue weighted by molar-refractivity contribution is -0.113. The second-order valence-corrected chi connectivity index (χ2v) is 6.81. The smallest absolute Gasteiger partial charge is 0.263 e. The molecule has 1 aliphatic heterocycles. The summed E-state index contributed by atoms with van der Waals surface area (Å²) in [6.45, 7) is 0. The molecule has 0 N–H and O–H groups in total. The van der Waals surface area contributed by atoms with E-state index in [0.29, 0.717) is 5.57 Å². The first kappa shape index (κ1) is 16.5. The Balaban J connectivity index is 1.81. The molecule has 3 aromatic rings. The van der Waals surface area contributed by atoms with Crippen molar-refractivity contribution in [1.29, 1.82) is 0 Å². The summed E-state index contributed by atoms with van der Waals surface area (Å²) in [5, 5.41) is 0. The highest BCUT2D eigenvalue weighted by Gasteiger charge is 2.30. The molecular weight excluding hydrogens is 388 g/mol. The van der Waals surface area contributed by atoms with Crippen molar-refractivity contribution in [1.82, 2.24) is 4.98 Å². The third kappa shape index (κ3) is 3.24. The van der Waals surface area contributed by atoms with Crippen LogP contribution in [0.4, 0.5) is 5.69 Å². The SMILES string of the molecule is O=C1C(=Cc2ccc(Br)cc2)C=C(c2ccccc2)N1c1cccnc1. The van der Waals surface area contributed by atoms with Gasteiger partial charge in [-0.15, -0.1) is 0 Å². The van der Waals surface area contributed by atoms with Crippen LogP contribution in [-0.2, 0) is 4.79 Å². The maximum Gasteiger partial charge on any atom is 0.263 e. The van der Waals surface area contributed by atoms with Crippen LogP contribution in [0.3, 0.4) is 0 Å². The summed E-state index contributed by atoms with van der Waals surface area (Å²) in [6, 6.07) is 21.5. The van der Waals surface area contributed by atoms with Crippen molar-refractivity contribution >= 4 is 39.3 Å². The average Bonchev–Trinajstić information content (AvgIpc) is 3.01. The zero-order valence-electron chi connectivity index (χ0n) is 13.8. The Morgan fingerprint density at radius 3 is 2.38 bits per heavy atom. The van der Waals surface area contributed by atoms with Crippen LogP contribution in [0, 0.1) is 0 Å². The molecule has 0 atom stereocenters. The number of anilines is 1. The zero-order chi connectivity index (χ0) is 17.9. The van der Waals surface area contributed by atoms with Crippen molar-refractivity contribution in [2.45, 2.75) is 0 Å². The minimum Gasteiger partial charge on any atom is -0.275 e. The predicted octanol–water partition coefficient (Wildman–Crippen LogP) is 5.32. The number of hydrogen-bond donors (Lipinski definition) is 0. The summed E-state index contributed by atoms with van der Waals surface area (Å²) in [5.41, 5.74) is 4.23. The van der Waals surface area contributed by atoms with E-state index in [4.69, 9.17) is 0 Å². The number of halogens is 1. The molecule has 0 radical (unpaired) electrons. The van der Waals surface area contributed by atoms with Crippen molar-refractivity contribution in [3.05, 3.63) is 106 Å². The van der Waals surface area contributed by atoms with Crippen LogP contribution >= 0.6 is 15.9 Å². The maximum absolute atomic E-state index is 13.1. The van der Waals surface area contributed by atoms with Crippen LogP contribution in [0.15, 0.2) is 95.2 Å². The van der Waals surface area contributed by atoms with Crippen LogP contribution in [0.2, 0.25) is 0 Å². The number of nitrogens with zero attached hydrogens (tertiary/aromatic N) is 2. The molecule has 0 unspecified atom stereocenters. The van der Waals surface area contributed by atoms with Crippen molar-refractivity contribution in [3.8, 4) is 0 Å². The molecule has 3 nitrogen and oxygen atoms in total. The molecule has 4 heteroatoms. The van der Waals surface area contributed by atoms with E-state index >= 15 is 0 Å². The lowest BCUT2D eigenvalue weighted by Crippen LogP contribution is -2.25. The van der Waals surface area contributed by atoms with Crippen LogP contribution in [0.5, 0.6) is 0 Å². The molecule has 1 aromatic heterocycles. The zero-order valence-corrected chi connectivity index (χ0v) is 15.4. The first-order chi connectivity index (χ1) is 12.7. The van der Waals surface area contributed by atoms with Gasteiger partial charge < -0.3 is 0 Å². The summed E-state index contributed by atoms with van der Waals surface area (Å²) >= 11 is 3.44. The van der Waals surface area contributed by atoms with Crippen LogP contribution < -0.4 is 4.90 Å². The topological polar surface area (TPSA) is 33.2 Å². The van der Waals surface area contributed by atoms with Gasteiger partial charge in [-0.1, -0.05) is 58.4 Å². The monoisotopic (exact) mass is 402 g/mol. The quantitative estimate of drug-likeness (QED) is 0.555. The molecule has 1 amide bonds. The van der Waals surface area contributed by atoms with E-state index in [2.05, 4.69) is 20.9 Å². The van der Waals surface area contributed by atoms with Gasteiger partial charge in [0.25, 0.3) is 5.91 Å². The minimum atomic E-state index is -0.0558. The Labute approximate surface area is 160 Å². The average molecular weight is 403 g/mol. The molecule has 0 saturated heterocycles. The third-order valence-corrected chi connectivity index (χ3v) is 4.68. The van der Waals surface area contributed by atoms with E-state index in [1.54, 1.807) is 17.3 Å². The number of pyridine rings is 1. The molecule has 0 aliphatic carbocycles. The molecule has 0 spiro atoms. The summed E-state index contributed by atoms with van der Waals surface area (Å²) in [7, 11) is 0. The third-order valence-electron chi connectivity index (χ3n) is 4.15. The first-order valence-electron chi connectivity index (χ1n) is 8.21. The highest BCUT2D eigenvalue weighted by molar-refractivity contribution is 9.10. The number of carbonyl (C=O) groups is 1. The van der Waals surface area contributed by atoms with E-state index < -0.39 is 0 Å². The number of rotatable bonds is 3. The molecule has 2 aromatic carbocycles. The van der Waals surface area contributed by atoms with E-state index in [9.17, 15) is 4.79 Å². The Kier molecular flexibility index (Phi) is 4.50. The van der Waals surface area contributed by atoms with Gasteiger partial charge in [0.1, 0.15) is 0 Å². The lowest BCUT2D eigenvalue weighted by Gasteiger charge is -2.20. The van der Waals surface area contributed by atoms with Gasteiger partial charge in [0, 0.05) is 16.2 Å². The van der Waals surface area contributed by atoms with Gasteiger partial charge in [-0.25, -0.2) is 0 Å².